The fourth-order valence-corrected chi connectivity index (χ4v) is 3.20. The SMILES string of the molecule is COCCc1cnc2n1CCN(C(=O)C1(F)CCC1)[C@H]2C. The van der Waals surface area contributed by atoms with Gasteiger partial charge in [-0.05, 0) is 26.2 Å². The van der Waals surface area contributed by atoms with Crippen molar-refractivity contribution in [3.8, 4) is 0 Å². The molecule has 0 unspecified atom stereocenters. The largest absolute Gasteiger partial charge is 0.384 e. The molecular weight excluding hydrogens is 273 g/mol. The second kappa shape index (κ2) is 5.40. The number of imidazole rings is 1. The zero-order chi connectivity index (χ0) is 15.0. The summed E-state index contributed by atoms with van der Waals surface area (Å²) in [7, 11) is 1.68. The van der Waals surface area contributed by atoms with Crippen molar-refractivity contribution < 1.29 is 13.9 Å². The normalized spacial score (nSPS) is 23.6. The zero-order valence-corrected chi connectivity index (χ0v) is 12.6. The van der Waals surface area contributed by atoms with Crippen molar-refractivity contribution >= 4 is 5.91 Å². The third-order valence-corrected chi connectivity index (χ3v) is 4.73. The number of nitrogens with zero attached hydrogens (tertiary/aromatic N) is 3. The summed E-state index contributed by atoms with van der Waals surface area (Å²) in [5.41, 5.74) is -0.508. The van der Waals surface area contributed by atoms with Gasteiger partial charge in [0, 0.05) is 38.5 Å². The van der Waals surface area contributed by atoms with Crippen LogP contribution in [0.15, 0.2) is 6.20 Å². The van der Waals surface area contributed by atoms with E-state index in [4.69, 9.17) is 4.74 Å². The fraction of sp³-hybridized carbons (Fsp3) is 0.733. The van der Waals surface area contributed by atoms with Crippen LogP contribution in [0.4, 0.5) is 4.39 Å². The Hall–Kier alpha value is -1.43. The van der Waals surface area contributed by atoms with Crippen molar-refractivity contribution in [3.05, 3.63) is 17.7 Å². The lowest BCUT2D eigenvalue weighted by Gasteiger charge is -2.41. The molecule has 0 aromatic carbocycles. The van der Waals surface area contributed by atoms with Gasteiger partial charge in [-0.1, -0.05) is 0 Å². The summed E-state index contributed by atoms with van der Waals surface area (Å²) in [6.07, 6.45) is 4.18. The molecule has 1 atom stereocenters. The Labute approximate surface area is 124 Å². The zero-order valence-electron chi connectivity index (χ0n) is 12.6. The molecule has 1 saturated carbocycles. The Kier molecular flexibility index (Phi) is 3.73. The lowest BCUT2D eigenvalue weighted by atomic mass is 9.80. The molecule has 2 aliphatic rings. The van der Waals surface area contributed by atoms with Crippen LogP contribution in [0.1, 0.15) is 43.7 Å². The van der Waals surface area contributed by atoms with Crippen LogP contribution in [0, 0.1) is 0 Å². The highest BCUT2D eigenvalue weighted by molar-refractivity contribution is 5.86. The quantitative estimate of drug-likeness (QED) is 0.852. The average molecular weight is 295 g/mol. The van der Waals surface area contributed by atoms with Gasteiger partial charge < -0.3 is 14.2 Å². The minimum atomic E-state index is -1.62. The number of ether oxygens (including phenoxy) is 1. The molecule has 1 aliphatic carbocycles. The molecule has 0 spiro atoms. The first-order valence-electron chi connectivity index (χ1n) is 7.60. The molecular formula is C15H22FN3O2. The number of alkyl halides is 1. The van der Waals surface area contributed by atoms with Gasteiger partial charge in [0.15, 0.2) is 5.67 Å². The van der Waals surface area contributed by atoms with Crippen LogP contribution in [-0.4, -0.2) is 46.3 Å². The number of fused-ring (bicyclic) bond motifs is 1. The molecule has 21 heavy (non-hydrogen) atoms. The maximum absolute atomic E-state index is 14.4. The predicted octanol–water partition coefficient (Wildman–Crippen LogP) is 1.87. The lowest BCUT2D eigenvalue weighted by molar-refractivity contribution is -0.153. The van der Waals surface area contributed by atoms with Crippen molar-refractivity contribution in [1.82, 2.24) is 14.5 Å². The standard InChI is InChI=1S/C15H22FN3O2/c1-11-13-17-10-12(4-9-21-2)19(13)8-7-18(11)14(20)15(16)5-3-6-15/h10-11H,3-9H2,1-2H3/t11-/m0/s1. The van der Waals surface area contributed by atoms with E-state index in [0.717, 1.165) is 24.4 Å². The maximum atomic E-state index is 14.4. The molecule has 0 N–H and O–H groups in total. The molecule has 0 bridgehead atoms. The molecule has 3 rings (SSSR count). The number of rotatable bonds is 4. The number of carbonyl (C=O) groups is 1. The molecule has 1 amide bonds. The van der Waals surface area contributed by atoms with E-state index >= 15 is 0 Å². The van der Waals surface area contributed by atoms with E-state index in [1.54, 1.807) is 12.0 Å². The topological polar surface area (TPSA) is 47.4 Å². The molecule has 1 aliphatic heterocycles. The average Bonchev–Trinajstić information content (AvgIpc) is 2.86. The van der Waals surface area contributed by atoms with E-state index in [9.17, 15) is 9.18 Å². The Morgan fingerprint density at radius 1 is 1.52 bits per heavy atom. The van der Waals surface area contributed by atoms with Crippen LogP contribution in [0.25, 0.3) is 0 Å². The summed E-state index contributed by atoms with van der Waals surface area (Å²) in [5, 5.41) is 0. The number of hydrogen-bond donors (Lipinski definition) is 0. The Balaban J connectivity index is 1.78. The van der Waals surface area contributed by atoms with Crippen LogP contribution in [-0.2, 0) is 22.5 Å². The van der Waals surface area contributed by atoms with Gasteiger partial charge in [-0.3, -0.25) is 4.79 Å². The summed E-state index contributed by atoms with van der Waals surface area (Å²) < 4.78 is 21.6. The molecule has 5 nitrogen and oxygen atoms in total. The first-order chi connectivity index (χ1) is 10.1. The van der Waals surface area contributed by atoms with Crippen LogP contribution in [0.5, 0.6) is 0 Å². The molecule has 1 fully saturated rings. The van der Waals surface area contributed by atoms with Crippen LogP contribution < -0.4 is 0 Å². The first kappa shape index (κ1) is 14.5. The van der Waals surface area contributed by atoms with Crippen molar-refractivity contribution in [3.63, 3.8) is 0 Å². The number of amides is 1. The Bertz CT molecular complexity index is 539. The van der Waals surface area contributed by atoms with Gasteiger partial charge in [0.05, 0.1) is 12.6 Å². The second-order valence-corrected chi connectivity index (χ2v) is 6.00. The van der Waals surface area contributed by atoms with E-state index in [2.05, 4.69) is 9.55 Å². The molecule has 0 saturated heterocycles. The first-order valence-corrected chi connectivity index (χ1v) is 7.60. The highest BCUT2D eigenvalue weighted by atomic mass is 19.1. The van der Waals surface area contributed by atoms with E-state index in [-0.39, 0.29) is 11.9 Å². The number of aromatic nitrogens is 2. The molecule has 0 radical (unpaired) electrons. The summed E-state index contributed by atoms with van der Waals surface area (Å²) in [6.45, 7) is 3.81. The summed E-state index contributed by atoms with van der Waals surface area (Å²) in [4.78, 5) is 18.5. The van der Waals surface area contributed by atoms with Crippen molar-refractivity contribution in [2.75, 3.05) is 20.3 Å². The third-order valence-electron chi connectivity index (χ3n) is 4.73. The van der Waals surface area contributed by atoms with Crippen LogP contribution in [0.3, 0.4) is 0 Å². The monoisotopic (exact) mass is 295 g/mol. The summed E-state index contributed by atoms with van der Waals surface area (Å²) >= 11 is 0. The smallest absolute Gasteiger partial charge is 0.260 e. The highest BCUT2D eigenvalue weighted by Crippen LogP contribution is 2.39. The summed E-state index contributed by atoms with van der Waals surface area (Å²) in [5.74, 6) is 0.498. The number of carbonyl (C=O) groups excluding carboxylic acids is 1. The second-order valence-electron chi connectivity index (χ2n) is 6.00. The van der Waals surface area contributed by atoms with Gasteiger partial charge in [0.25, 0.3) is 5.91 Å². The molecule has 116 valence electrons. The van der Waals surface area contributed by atoms with Gasteiger partial charge >= 0.3 is 0 Å². The van der Waals surface area contributed by atoms with E-state index in [0.29, 0.717) is 32.5 Å². The molecule has 1 aromatic heterocycles. The Morgan fingerprint density at radius 3 is 2.90 bits per heavy atom. The minimum Gasteiger partial charge on any atom is -0.384 e. The van der Waals surface area contributed by atoms with Crippen molar-refractivity contribution in [2.24, 2.45) is 0 Å². The number of halogens is 1. The molecule has 2 heterocycles. The van der Waals surface area contributed by atoms with Gasteiger partial charge in [-0.15, -0.1) is 0 Å². The van der Waals surface area contributed by atoms with Gasteiger partial charge in [-0.25, -0.2) is 9.37 Å². The van der Waals surface area contributed by atoms with E-state index in [1.807, 2.05) is 13.1 Å². The number of methoxy groups -OCH3 is 1. The van der Waals surface area contributed by atoms with Crippen molar-refractivity contribution in [2.45, 2.75) is 50.9 Å². The Morgan fingerprint density at radius 2 is 2.29 bits per heavy atom. The van der Waals surface area contributed by atoms with Crippen LogP contribution >= 0.6 is 0 Å². The maximum Gasteiger partial charge on any atom is 0.260 e. The van der Waals surface area contributed by atoms with Gasteiger partial charge in [-0.2, -0.15) is 0 Å². The minimum absolute atomic E-state index is 0.171. The highest BCUT2D eigenvalue weighted by Gasteiger charge is 2.48. The van der Waals surface area contributed by atoms with Crippen LogP contribution in [0.2, 0.25) is 0 Å². The fourth-order valence-electron chi connectivity index (χ4n) is 3.20. The summed E-state index contributed by atoms with van der Waals surface area (Å²) in [6, 6.07) is -0.171. The lowest BCUT2D eigenvalue weighted by Crippen LogP contribution is -2.53. The predicted molar refractivity (Wildman–Crippen MR) is 75.6 cm³/mol. The third kappa shape index (κ3) is 2.35. The van der Waals surface area contributed by atoms with Gasteiger partial charge in [0.1, 0.15) is 5.82 Å². The number of hydrogen-bond acceptors (Lipinski definition) is 3. The molecule has 1 aromatic rings. The van der Waals surface area contributed by atoms with E-state index in [1.165, 1.54) is 0 Å². The molecule has 6 heteroatoms. The van der Waals surface area contributed by atoms with E-state index < -0.39 is 5.67 Å². The van der Waals surface area contributed by atoms with Gasteiger partial charge in [0.2, 0.25) is 0 Å². The van der Waals surface area contributed by atoms with Crippen molar-refractivity contribution in [1.29, 1.82) is 0 Å².